The maximum absolute atomic E-state index is 11.9. The molecule has 0 saturated carbocycles. The molecule has 0 radical (unpaired) electrons. The molecule has 0 heterocycles. The van der Waals surface area contributed by atoms with Crippen molar-refractivity contribution in [2.75, 3.05) is 6.61 Å². The highest BCUT2D eigenvalue weighted by Crippen LogP contribution is 2.19. The molecule has 0 aliphatic rings. The van der Waals surface area contributed by atoms with E-state index in [2.05, 4.69) is 4.74 Å². The van der Waals surface area contributed by atoms with Crippen LogP contribution in [-0.4, -0.2) is 19.0 Å². The first-order chi connectivity index (χ1) is 10.2. The Labute approximate surface area is 122 Å². The van der Waals surface area contributed by atoms with Gasteiger partial charge in [0, 0.05) is 0 Å². The Hall–Kier alpha value is -2.82. The molecule has 5 nitrogen and oxygen atoms in total. The van der Waals surface area contributed by atoms with Crippen molar-refractivity contribution in [3.05, 3.63) is 54.1 Å². The normalized spacial score (nSPS) is 9.76. The minimum absolute atomic E-state index is 0.327. The van der Waals surface area contributed by atoms with E-state index in [1.165, 1.54) is 24.3 Å². The number of hydrogen-bond donors (Lipinski definition) is 0. The van der Waals surface area contributed by atoms with Crippen LogP contribution in [0.3, 0.4) is 0 Å². The summed E-state index contributed by atoms with van der Waals surface area (Å²) < 4.78 is 15.2. The van der Waals surface area contributed by atoms with Crippen molar-refractivity contribution in [1.82, 2.24) is 0 Å². The molecule has 0 bridgehead atoms. The van der Waals surface area contributed by atoms with Crippen LogP contribution in [0.1, 0.15) is 17.3 Å². The molecule has 0 aliphatic carbocycles. The smallest absolute Gasteiger partial charge is 0.343 e. The van der Waals surface area contributed by atoms with Crippen LogP contribution in [0.25, 0.3) is 0 Å². The summed E-state index contributed by atoms with van der Waals surface area (Å²) in [6.07, 6.45) is 0. The zero-order valence-corrected chi connectivity index (χ0v) is 11.4. The minimum Gasteiger partial charge on any atom is -0.494 e. The van der Waals surface area contributed by atoms with Gasteiger partial charge in [-0.1, -0.05) is 0 Å². The van der Waals surface area contributed by atoms with Crippen LogP contribution < -0.4 is 14.2 Å². The lowest BCUT2D eigenvalue weighted by Gasteiger charge is -2.06. The molecule has 0 fully saturated rings. The van der Waals surface area contributed by atoms with Gasteiger partial charge in [0.15, 0.2) is 0 Å². The van der Waals surface area contributed by atoms with Crippen LogP contribution >= 0.6 is 0 Å². The fourth-order valence-electron chi connectivity index (χ4n) is 1.66. The standard InChI is InChI=1S/C16H14O5/c1-2-19-13-7-9-15(10-8-13)21-16(18)12-3-5-14(6-4-12)20-11-17/h3-11H,2H2,1H3. The molecule has 0 unspecified atom stereocenters. The van der Waals surface area contributed by atoms with Gasteiger partial charge < -0.3 is 14.2 Å². The second-order valence-corrected chi connectivity index (χ2v) is 4.03. The largest absolute Gasteiger partial charge is 0.494 e. The van der Waals surface area contributed by atoms with Gasteiger partial charge in [-0.25, -0.2) is 4.79 Å². The summed E-state index contributed by atoms with van der Waals surface area (Å²) >= 11 is 0. The third-order valence-corrected chi connectivity index (χ3v) is 2.62. The molecule has 5 heteroatoms. The maximum Gasteiger partial charge on any atom is 0.343 e. The molecule has 0 saturated heterocycles. The van der Waals surface area contributed by atoms with Gasteiger partial charge in [-0.05, 0) is 55.5 Å². The van der Waals surface area contributed by atoms with Gasteiger partial charge in [0.05, 0.1) is 12.2 Å². The number of carbonyl (C=O) groups excluding carboxylic acids is 2. The third-order valence-electron chi connectivity index (χ3n) is 2.62. The van der Waals surface area contributed by atoms with Gasteiger partial charge in [-0.3, -0.25) is 4.79 Å². The van der Waals surface area contributed by atoms with Crippen molar-refractivity contribution in [3.8, 4) is 17.2 Å². The third kappa shape index (κ3) is 4.07. The second kappa shape index (κ2) is 7.09. The second-order valence-electron chi connectivity index (χ2n) is 4.03. The number of carbonyl (C=O) groups is 2. The molecule has 0 N–H and O–H groups in total. The van der Waals surface area contributed by atoms with Gasteiger partial charge in [-0.15, -0.1) is 0 Å². The van der Waals surface area contributed by atoms with E-state index in [1.807, 2.05) is 6.92 Å². The highest BCUT2D eigenvalue weighted by atomic mass is 16.5. The molecule has 108 valence electrons. The van der Waals surface area contributed by atoms with E-state index in [0.29, 0.717) is 35.9 Å². The fourth-order valence-corrected chi connectivity index (χ4v) is 1.66. The minimum atomic E-state index is -0.489. The molecule has 0 amide bonds. The highest BCUT2D eigenvalue weighted by molar-refractivity contribution is 5.91. The average molecular weight is 286 g/mol. The lowest BCUT2D eigenvalue weighted by molar-refractivity contribution is -0.120. The van der Waals surface area contributed by atoms with Crippen molar-refractivity contribution in [1.29, 1.82) is 0 Å². The first-order valence-corrected chi connectivity index (χ1v) is 6.38. The first-order valence-electron chi connectivity index (χ1n) is 6.38. The Kier molecular flexibility index (Phi) is 4.93. The molecular formula is C16H14O5. The predicted molar refractivity (Wildman–Crippen MR) is 75.7 cm³/mol. The quantitative estimate of drug-likeness (QED) is 0.464. The Balaban J connectivity index is 2.01. The number of rotatable bonds is 6. The predicted octanol–water partition coefficient (Wildman–Crippen LogP) is 2.84. The zero-order chi connectivity index (χ0) is 15.1. The molecule has 2 aromatic carbocycles. The van der Waals surface area contributed by atoms with E-state index in [9.17, 15) is 9.59 Å². The fraction of sp³-hybridized carbons (Fsp3) is 0.125. The molecule has 0 aliphatic heterocycles. The van der Waals surface area contributed by atoms with E-state index < -0.39 is 5.97 Å². The van der Waals surface area contributed by atoms with E-state index in [-0.39, 0.29) is 0 Å². The van der Waals surface area contributed by atoms with E-state index >= 15 is 0 Å². The summed E-state index contributed by atoms with van der Waals surface area (Å²) in [5, 5.41) is 0. The van der Waals surface area contributed by atoms with Crippen LogP contribution in [0.4, 0.5) is 0 Å². The van der Waals surface area contributed by atoms with Crippen LogP contribution in [0, 0.1) is 0 Å². The number of esters is 1. The Bertz CT molecular complexity index is 602. The van der Waals surface area contributed by atoms with E-state index in [4.69, 9.17) is 9.47 Å². The van der Waals surface area contributed by atoms with Gasteiger partial charge in [0.1, 0.15) is 17.2 Å². The molecule has 0 atom stereocenters. The maximum atomic E-state index is 11.9. The number of hydrogen-bond acceptors (Lipinski definition) is 5. The Morgan fingerprint density at radius 1 is 0.952 bits per heavy atom. The zero-order valence-electron chi connectivity index (χ0n) is 11.4. The summed E-state index contributed by atoms with van der Waals surface area (Å²) in [5.74, 6) is 1.02. The number of benzene rings is 2. The molecular weight excluding hydrogens is 272 g/mol. The summed E-state index contributed by atoms with van der Waals surface area (Å²) in [4.78, 5) is 22.1. The highest BCUT2D eigenvalue weighted by Gasteiger charge is 2.09. The van der Waals surface area contributed by atoms with Crippen LogP contribution in [-0.2, 0) is 4.79 Å². The Morgan fingerprint density at radius 3 is 2.10 bits per heavy atom. The summed E-state index contributed by atoms with van der Waals surface area (Å²) in [5.41, 5.74) is 0.363. The van der Waals surface area contributed by atoms with E-state index in [0.717, 1.165) is 0 Å². The lowest BCUT2D eigenvalue weighted by Crippen LogP contribution is -2.08. The van der Waals surface area contributed by atoms with Crippen molar-refractivity contribution in [2.24, 2.45) is 0 Å². The van der Waals surface area contributed by atoms with Crippen LogP contribution in [0.5, 0.6) is 17.2 Å². The molecule has 21 heavy (non-hydrogen) atoms. The Morgan fingerprint density at radius 2 is 1.52 bits per heavy atom. The molecule has 2 rings (SSSR count). The van der Waals surface area contributed by atoms with Crippen molar-refractivity contribution < 1.29 is 23.8 Å². The van der Waals surface area contributed by atoms with E-state index in [1.54, 1.807) is 24.3 Å². The topological polar surface area (TPSA) is 61.8 Å². The molecule has 0 spiro atoms. The summed E-state index contributed by atoms with van der Waals surface area (Å²) in [7, 11) is 0. The first kappa shape index (κ1) is 14.6. The van der Waals surface area contributed by atoms with Gasteiger partial charge in [-0.2, -0.15) is 0 Å². The monoisotopic (exact) mass is 286 g/mol. The van der Waals surface area contributed by atoms with Gasteiger partial charge >= 0.3 is 5.97 Å². The van der Waals surface area contributed by atoms with Crippen molar-refractivity contribution in [2.45, 2.75) is 6.92 Å². The molecule has 2 aromatic rings. The SMILES string of the molecule is CCOc1ccc(OC(=O)c2ccc(OC=O)cc2)cc1. The summed E-state index contributed by atoms with van der Waals surface area (Å²) in [6, 6.07) is 12.9. The van der Waals surface area contributed by atoms with Crippen molar-refractivity contribution in [3.63, 3.8) is 0 Å². The molecule has 0 aromatic heterocycles. The summed E-state index contributed by atoms with van der Waals surface area (Å²) in [6.45, 7) is 2.80. The van der Waals surface area contributed by atoms with Gasteiger partial charge in [0.25, 0.3) is 6.47 Å². The average Bonchev–Trinajstić information content (AvgIpc) is 2.50. The van der Waals surface area contributed by atoms with Crippen LogP contribution in [0.2, 0.25) is 0 Å². The number of ether oxygens (including phenoxy) is 3. The lowest BCUT2D eigenvalue weighted by atomic mass is 10.2. The van der Waals surface area contributed by atoms with Crippen LogP contribution in [0.15, 0.2) is 48.5 Å². The van der Waals surface area contributed by atoms with Gasteiger partial charge in [0.2, 0.25) is 0 Å². The van der Waals surface area contributed by atoms with Crippen molar-refractivity contribution >= 4 is 12.4 Å².